The van der Waals surface area contributed by atoms with Crippen LogP contribution in [0.1, 0.15) is 43.6 Å². The largest absolute Gasteiger partial charge is 0.497 e. The van der Waals surface area contributed by atoms with Crippen molar-refractivity contribution in [3.63, 3.8) is 0 Å². The topological polar surface area (TPSA) is 70.8 Å². The summed E-state index contributed by atoms with van der Waals surface area (Å²) in [7, 11) is 1.04. The Kier molecular flexibility index (Phi) is 4.99. The van der Waals surface area contributed by atoms with Crippen LogP contribution in [0.4, 0.5) is 0 Å². The van der Waals surface area contributed by atoms with Crippen LogP contribution in [0, 0.1) is 0 Å². The fourth-order valence-corrected chi connectivity index (χ4v) is 2.33. The van der Waals surface area contributed by atoms with E-state index in [9.17, 15) is 4.79 Å². The van der Waals surface area contributed by atoms with Crippen molar-refractivity contribution >= 4 is 19.5 Å². The molecule has 5 nitrogen and oxygen atoms in total. The molecule has 0 bridgehead atoms. The zero-order valence-electron chi connectivity index (χ0n) is 14.4. The summed E-state index contributed by atoms with van der Waals surface area (Å²) >= 11 is 0. The molecular formula is C17H24BNO4. The molecule has 1 fully saturated rings. The molecule has 1 heterocycles. The lowest BCUT2D eigenvalue weighted by Gasteiger charge is -2.32. The van der Waals surface area contributed by atoms with Gasteiger partial charge in [-0.2, -0.15) is 0 Å². The smallest absolute Gasteiger partial charge is 0.491 e. The van der Waals surface area contributed by atoms with Crippen molar-refractivity contribution in [2.75, 3.05) is 13.7 Å². The minimum Gasteiger partial charge on any atom is -0.497 e. The third kappa shape index (κ3) is 3.49. The van der Waals surface area contributed by atoms with Gasteiger partial charge < -0.3 is 19.8 Å². The summed E-state index contributed by atoms with van der Waals surface area (Å²) in [6, 6.07) is 5.32. The fraction of sp³-hybridized carbons (Fsp3) is 0.471. The third-order valence-corrected chi connectivity index (χ3v) is 4.55. The van der Waals surface area contributed by atoms with Gasteiger partial charge in [-0.05, 0) is 50.9 Å². The molecule has 2 N–H and O–H groups in total. The Morgan fingerprint density at radius 1 is 1.22 bits per heavy atom. The first-order valence-electron chi connectivity index (χ1n) is 7.63. The van der Waals surface area contributed by atoms with Gasteiger partial charge in [0.05, 0.1) is 18.3 Å². The molecule has 0 radical (unpaired) electrons. The van der Waals surface area contributed by atoms with Crippen LogP contribution < -0.4 is 10.5 Å². The molecule has 1 aliphatic rings. The third-order valence-electron chi connectivity index (χ3n) is 4.55. The van der Waals surface area contributed by atoms with E-state index >= 15 is 0 Å². The van der Waals surface area contributed by atoms with Crippen LogP contribution in [-0.2, 0) is 9.31 Å². The van der Waals surface area contributed by atoms with Crippen LogP contribution in [-0.4, -0.2) is 38.3 Å². The molecule has 0 spiro atoms. The molecule has 6 heteroatoms. The molecule has 0 aliphatic carbocycles. The molecule has 0 aromatic heterocycles. The first-order chi connectivity index (χ1) is 10.7. The summed E-state index contributed by atoms with van der Waals surface area (Å²) < 4.78 is 17.2. The Bertz CT molecular complexity index is 609. The second-order valence-corrected chi connectivity index (χ2v) is 6.62. The van der Waals surface area contributed by atoms with Gasteiger partial charge >= 0.3 is 7.12 Å². The first kappa shape index (κ1) is 17.7. The summed E-state index contributed by atoms with van der Waals surface area (Å²) in [5.41, 5.74) is 7.10. The number of carbonyl (C=O) groups is 1. The van der Waals surface area contributed by atoms with Gasteiger partial charge in [0.1, 0.15) is 5.75 Å². The van der Waals surface area contributed by atoms with E-state index in [1.54, 1.807) is 19.2 Å². The monoisotopic (exact) mass is 317 g/mol. The van der Waals surface area contributed by atoms with Crippen LogP contribution in [0.15, 0.2) is 23.7 Å². The van der Waals surface area contributed by atoms with Crippen molar-refractivity contribution in [3.8, 4) is 5.75 Å². The van der Waals surface area contributed by atoms with Crippen LogP contribution in [0.2, 0.25) is 0 Å². The summed E-state index contributed by atoms with van der Waals surface area (Å²) in [5.74, 6) is 0.634. The van der Waals surface area contributed by atoms with E-state index in [4.69, 9.17) is 19.8 Å². The van der Waals surface area contributed by atoms with E-state index in [1.165, 1.54) is 0 Å². The molecule has 0 amide bonds. The predicted molar refractivity (Wildman–Crippen MR) is 91.5 cm³/mol. The Morgan fingerprint density at radius 2 is 1.83 bits per heavy atom. The van der Waals surface area contributed by atoms with E-state index in [0.717, 1.165) is 17.3 Å². The highest BCUT2D eigenvalue weighted by Gasteiger charge is 2.52. The van der Waals surface area contributed by atoms with Crippen LogP contribution in [0.25, 0.3) is 6.08 Å². The molecule has 0 saturated carbocycles. The van der Waals surface area contributed by atoms with Gasteiger partial charge in [0.15, 0.2) is 6.29 Å². The van der Waals surface area contributed by atoms with Gasteiger partial charge in [-0.15, -0.1) is 0 Å². The summed E-state index contributed by atoms with van der Waals surface area (Å²) in [6.45, 7) is 8.24. The molecule has 1 aliphatic heterocycles. The molecule has 124 valence electrons. The SMILES string of the molecule is COc1ccc(C=C(CN)B2OC(C)(C)C(C)(C)O2)c(C=O)c1. The molecule has 23 heavy (non-hydrogen) atoms. The maximum Gasteiger partial charge on any atom is 0.491 e. The number of aldehydes is 1. The number of rotatable bonds is 5. The lowest BCUT2D eigenvalue weighted by atomic mass is 9.77. The summed E-state index contributed by atoms with van der Waals surface area (Å²) in [4.78, 5) is 11.3. The van der Waals surface area contributed by atoms with Crippen LogP contribution >= 0.6 is 0 Å². The van der Waals surface area contributed by atoms with Crippen molar-refractivity contribution in [2.45, 2.75) is 38.9 Å². The highest BCUT2D eigenvalue weighted by molar-refractivity contribution is 6.56. The van der Waals surface area contributed by atoms with E-state index in [2.05, 4.69) is 0 Å². The van der Waals surface area contributed by atoms with Gasteiger partial charge in [-0.1, -0.05) is 12.1 Å². The van der Waals surface area contributed by atoms with Crippen molar-refractivity contribution in [3.05, 3.63) is 34.8 Å². The van der Waals surface area contributed by atoms with Crippen molar-refractivity contribution < 1.29 is 18.8 Å². The maximum atomic E-state index is 11.3. The molecule has 1 aromatic rings. The minimum absolute atomic E-state index is 0.279. The predicted octanol–water partition coefficient (Wildman–Crippen LogP) is 2.48. The van der Waals surface area contributed by atoms with Crippen molar-refractivity contribution in [1.82, 2.24) is 0 Å². The number of nitrogens with two attached hydrogens (primary N) is 1. The average molecular weight is 317 g/mol. The lowest BCUT2D eigenvalue weighted by Crippen LogP contribution is -2.41. The fourth-order valence-electron chi connectivity index (χ4n) is 2.33. The van der Waals surface area contributed by atoms with Gasteiger partial charge in [-0.3, -0.25) is 4.79 Å². The van der Waals surface area contributed by atoms with Crippen molar-refractivity contribution in [2.24, 2.45) is 5.73 Å². The van der Waals surface area contributed by atoms with Crippen LogP contribution in [0.5, 0.6) is 5.75 Å². The first-order valence-corrected chi connectivity index (χ1v) is 7.63. The van der Waals surface area contributed by atoms with Crippen molar-refractivity contribution in [1.29, 1.82) is 0 Å². The Morgan fingerprint density at radius 3 is 2.30 bits per heavy atom. The zero-order chi connectivity index (χ0) is 17.3. The van der Waals surface area contributed by atoms with Crippen LogP contribution in [0.3, 0.4) is 0 Å². The molecule has 0 unspecified atom stereocenters. The number of carbonyl (C=O) groups excluding carboxylic acids is 1. The number of hydrogen-bond donors (Lipinski definition) is 1. The Balaban J connectivity index is 2.35. The number of hydrogen-bond acceptors (Lipinski definition) is 5. The standard InChI is InChI=1S/C17H24BNO4/c1-16(2)17(3,4)23-18(22-16)14(10-19)8-12-6-7-15(21-5)9-13(12)11-20/h6-9,11H,10,19H2,1-5H3. The second kappa shape index (κ2) is 6.47. The number of methoxy groups -OCH3 is 1. The Labute approximate surface area is 137 Å². The molecular weight excluding hydrogens is 293 g/mol. The quantitative estimate of drug-likeness (QED) is 0.667. The second-order valence-electron chi connectivity index (χ2n) is 6.62. The van der Waals surface area contributed by atoms with Gasteiger partial charge in [0.25, 0.3) is 0 Å². The molecule has 2 rings (SSSR count). The Hall–Kier alpha value is -1.63. The maximum absolute atomic E-state index is 11.3. The molecule has 1 saturated heterocycles. The number of benzene rings is 1. The highest BCUT2D eigenvalue weighted by Crippen LogP contribution is 2.38. The van der Waals surface area contributed by atoms with Gasteiger partial charge in [-0.25, -0.2) is 0 Å². The number of ether oxygens (including phenoxy) is 1. The average Bonchev–Trinajstić information content (AvgIpc) is 2.72. The van der Waals surface area contributed by atoms with E-state index in [1.807, 2.05) is 39.8 Å². The highest BCUT2D eigenvalue weighted by atomic mass is 16.7. The van der Waals surface area contributed by atoms with E-state index in [-0.39, 0.29) is 6.54 Å². The minimum atomic E-state index is -0.522. The van der Waals surface area contributed by atoms with E-state index in [0.29, 0.717) is 11.3 Å². The van der Waals surface area contributed by atoms with Gasteiger partial charge in [0, 0.05) is 12.1 Å². The summed E-state index contributed by atoms with van der Waals surface area (Å²) in [6.07, 6.45) is 2.65. The molecule has 1 aromatic carbocycles. The zero-order valence-corrected chi connectivity index (χ0v) is 14.4. The molecule has 0 atom stereocenters. The normalized spacial score (nSPS) is 19.7. The van der Waals surface area contributed by atoms with E-state index < -0.39 is 18.3 Å². The van der Waals surface area contributed by atoms with Gasteiger partial charge in [0.2, 0.25) is 0 Å². The lowest BCUT2D eigenvalue weighted by molar-refractivity contribution is 0.00578. The summed E-state index contributed by atoms with van der Waals surface area (Å²) in [5, 5.41) is 0.